The van der Waals surface area contributed by atoms with E-state index in [0.29, 0.717) is 6.54 Å². The van der Waals surface area contributed by atoms with Crippen LogP contribution in [0, 0.1) is 3.57 Å². The number of benzene rings is 1. The quantitative estimate of drug-likeness (QED) is 0.782. The Bertz CT molecular complexity index is 503. The Labute approximate surface area is 132 Å². The average Bonchev–Trinajstić information content (AvgIpc) is 2.40. The van der Waals surface area contributed by atoms with E-state index in [9.17, 15) is 14.7 Å². The maximum atomic E-state index is 12.5. The second-order valence-corrected chi connectivity index (χ2v) is 5.92. The predicted molar refractivity (Wildman–Crippen MR) is 85.7 cm³/mol. The number of halogens is 1. The number of nitrogens with zero attached hydrogens (tertiary/aromatic N) is 2. The molecule has 2 amide bonds. The fraction of sp³-hybridized carbons (Fsp3) is 0.429. The topological polar surface area (TPSA) is 60.9 Å². The van der Waals surface area contributed by atoms with Crippen LogP contribution in [0.3, 0.4) is 0 Å². The van der Waals surface area contributed by atoms with Crippen molar-refractivity contribution in [2.75, 3.05) is 27.2 Å². The van der Waals surface area contributed by atoms with Crippen LogP contribution >= 0.6 is 22.6 Å². The van der Waals surface area contributed by atoms with Gasteiger partial charge in [-0.1, -0.05) is 6.92 Å². The molecule has 0 spiro atoms. The van der Waals surface area contributed by atoms with Gasteiger partial charge in [0.05, 0.1) is 5.56 Å². The average molecular weight is 390 g/mol. The van der Waals surface area contributed by atoms with Gasteiger partial charge in [0.2, 0.25) is 5.91 Å². The maximum Gasteiger partial charge on any atom is 0.258 e. The van der Waals surface area contributed by atoms with Gasteiger partial charge in [-0.05, 0) is 47.2 Å². The zero-order valence-electron chi connectivity index (χ0n) is 11.9. The zero-order chi connectivity index (χ0) is 15.3. The molecule has 1 rings (SSSR count). The number of amides is 2. The fourth-order valence-corrected chi connectivity index (χ4v) is 2.17. The van der Waals surface area contributed by atoms with Crippen molar-refractivity contribution in [3.8, 4) is 5.75 Å². The number of phenolic OH excluding ortho intramolecular Hbond substituents is 1. The van der Waals surface area contributed by atoms with Crippen LogP contribution in [0.5, 0.6) is 5.75 Å². The summed E-state index contributed by atoms with van der Waals surface area (Å²) in [4.78, 5) is 27.2. The van der Waals surface area contributed by atoms with Crippen LogP contribution in [0.1, 0.15) is 23.7 Å². The smallest absolute Gasteiger partial charge is 0.258 e. The van der Waals surface area contributed by atoms with E-state index in [2.05, 4.69) is 22.6 Å². The lowest BCUT2D eigenvalue weighted by atomic mass is 10.1. The SMILES string of the molecule is CCCN(CC(=O)N(C)C)C(=O)c1cc(I)ccc1O. The number of rotatable bonds is 5. The highest BCUT2D eigenvalue weighted by Gasteiger charge is 2.21. The summed E-state index contributed by atoms with van der Waals surface area (Å²) in [6.07, 6.45) is 0.747. The van der Waals surface area contributed by atoms with Crippen LogP contribution in [0.15, 0.2) is 18.2 Å². The van der Waals surface area contributed by atoms with E-state index in [1.54, 1.807) is 26.2 Å². The first-order valence-electron chi connectivity index (χ1n) is 6.34. The first-order valence-corrected chi connectivity index (χ1v) is 7.42. The van der Waals surface area contributed by atoms with Gasteiger partial charge >= 0.3 is 0 Å². The highest BCUT2D eigenvalue weighted by atomic mass is 127. The molecule has 0 aliphatic heterocycles. The molecule has 20 heavy (non-hydrogen) atoms. The zero-order valence-corrected chi connectivity index (χ0v) is 14.0. The van der Waals surface area contributed by atoms with Crippen molar-refractivity contribution in [2.24, 2.45) is 0 Å². The van der Waals surface area contributed by atoms with Gasteiger partial charge in [-0.25, -0.2) is 0 Å². The molecule has 1 aromatic rings. The molecular weight excluding hydrogens is 371 g/mol. The van der Waals surface area contributed by atoms with Crippen LogP contribution in [0.25, 0.3) is 0 Å². The van der Waals surface area contributed by atoms with Gasteiger partial charge in [0.1, 0.15) is 12.3 Å². The number of aromatic hydroxyl groups is 1. The number of hydrogen-bond donors (Lipinski definition) is 1. The highest BCUT2D eigenvalue weighted by molar-refractivity contribution is 14.1. The second-order valence-electron chi connectivity index (χ2n) is 4.68. The molecule has 0 unspecified atom stereocenters. The minimum absolute atomic E-state index is 0.0184. The molecule has 6 heteroatoms. The third kappa shape index (κ3) is 4.36. The van der Waals surface area contributed by atoms with E-state index < -0.39 is 0 Å². The number of hydrogen-bond acceptors (Lipinski definition) is 3. The van der Waals surface area contributed by atoms with Crippen molar-refractivity contribution in [2.45, 2.75) is 13.3 Å². The molecule has 0 bridgehead atoms. The molecule has 5 nitrogen and oxygen atoms in total. The van der Waals surface area contributed by atoms with Gasteiger partial charge in [0.25, 0.3) is 5.91 Å². The van der Waals surface area contributed by atoms with Crippen LogP contribution in [0.4, 0.5) is 0 Å². The van der Waals surface area contributed by atoms with E-state index in [-0.39, 0.29) is 29.7 Å². The van der Waals surface area contributed by atoms with Gasteiger partial charge in [-0.3, -0.25) is 9.59 Å². The molecule has 0 saturated carbocycles. The number of carbonyl (C=O) groups is 2. The van der Waals surface area contributed by atoms with Gasteiger partial charge in [-0.15, -0.1) is 0 Å². The lowest BCUT2D eigenvalue weighted by molar-refractivity contribution is -0.129. The van der Waals surface area contributed by atoms with Crippen molar-refractivity contribution < 1.29 is 14.7 Å². The van der Waals surface area contributed by atoms with E-state index in [4.69, 9.17) is 0 Å². The summed E-state index contributed by atoms with van der Waals surface area (Å²) in [6.45, 7) is 2.43. The van der Waals surface area contributed by atoms with Crippen molar-refractivity contribution in [3.63, 3.8) is 0 Å². The second kappa shape index (κ2) is 7.47. The fourth-order valence-electron chi connectivity index (χ4n) is 1.68. The van der Waals surface area contributed by atoms with Gasteiger partial charge in [0.15, 0.2) is 0 Å². The molecule has 0 radical (unpaired) electrons. The summed E-state index contributed by atoms with van der Waals surface area (Å²) >= 11 is 2.08. The molecule has 0 fully saturated rings. The molecule has 0 heterocycles. The molecule has 0 atom stereocenters. The van der Waals surface area contributed by atoms with Crippen molar-refractivity contribution in [1.29, 1.82) is 0 Å². The molecule has 0 saturated heterocycles. The highest BCUT2D eigenvalue weighted by Crippen LogP contribution is 2.21. The Morgan fingerprint density at radius 2 is 1.95 bits per heavy atom. The van der Waals surface area contributed by atoms with Crippen LogP contribution in [-0.4, -0.2) is 53.9 Å². The minimum atomic E-state index is -0.321. The van der Waals surface area contributed by atoms with Crippen molar-refractivity contribution >= 4 is 34.4 Å². The van der Waals surface area contributed by atoms with Gasteiger partial charge < -0.3 is 14.9 Å². The Hall–Kier alpha value is -1.31. The van der Waals surface area contributed by atoms with Crippen LogP contribution in [-0.2, 0) is 4.79 Å². The van der Waals surface area contributed by atoms with Crippen molar-refractivity contribution in [1.82, 2.24) is 9.80 Å². The monoisotopic (exact) mass is 390 g/mol. The third-order valence-corrected chi connectivity index (χ3v) is 3.47. The first kappa shape index (κ1) is 16.7. The number of likely N-dealkylation sites (N-methyl/N-ethyl adjacent to an activating group) is 1. The summed E-state index contributed by atoms with van der Waals surface area (Å²) in [7, 11) is 3.31. The summed E-state index contributed by atoms with van der Waals surface area (Å²) in [5.41, 5.74) is 0.233. The predicted octanol–water partition coefficient (Wildman–Crippen LogP) is 1.94. The minimum Gasteiger partial charge on any atom is -0.507 e. The normalized spacial score (nSPS) is 10.2. The molecule has 1 N–H and O–H groups in total. The summed E-state index contributed by atoms with van der Waals surface area (Å²) in [5.74, 6) is -0.524. The molecular formula is C14H19IN2O3. The summed E-state index contributed by atoms with van der Waals surface area (Å²) < 4.78 is 0.860. The Morgan fingerprint density at radius 3 is 2.50 bits per heavy atom. The molecule has 0 aliphatic carbocycles. The van der Waals surface area contributed by atoms with Crippen LogP contribution in [0.2, 0.25) is 0 Å². The summed E-state index contributed by atoms with van der Waals surface area (Å²) in [5, 5.41) is 9.82. The lowest BCUT2D eigenvalue weighted by Gasteiger charge is -2.23. The van der Waals surface area contributed by atoms with E-state index in [0.717, 1.165) is 9.99 Å². The Balaban J connectivity index is 2.99. The maximum absolute atomic E-state index is 12.5. The van der Waals surface area contributed by atoms with Gasteiger partial charge in [0, 0.05) is 24.2 Å². The van der Waals surface area contributed by atoms with Gasteiger partial charge in [-0.2, -0.15) is 0 Å². The third-order valence-electron chi connectivity index (χ3n) is 2.79. The molecule has 0 aromatic heterocycles. The van der Waals surface area contributed by atoms with E-state index in [1.807, 2.05) is 6.92 Å². The Kier molecular flexibility index (Phi) is 6.25. The summed E-state index contributed by atoms with van der Waals surface area (Å²) in [6, 6.07) is 4.84. The van der Waals surface area contributed by atoms with E-state index in [1.165, 1.54) is 15.9 Å². The van der Waals surface area contributed by atoms with Crippen LogP contribution < -0.4 is 0 Å². The van der Waals surface area contributed by atoms with Crippen molar-refractivity contribution in [3.05, 3.63) is 27.3 Å². The molecule has 0 aliphatic rings. The number of carbonyl (C=O) groups excluding carboxylic acids is 2. The largest absolute Gasteiger partial charge is 0.507 e. The first-order chi connectivity index (χ1) is 9.36. The lowest BCUT2D eigenvalue weighted by Crippen LogP contribution is -2.40. The molecule has 110 valence electrons. The standard InChI is InChI=1S/C14H19IN2O3/c1-4-7-17(9-13(19)16(2)3)14(20)11-8-10(15)5-6-12(11)18/h5-6,8,18H,4,7,9H2,1-3H3. The molecule has 1 aromatic carbocycles. The van der Waals surface area contributed by atoms with E-state index >= 15 is 0 Å². The Morgan fingerprint density at radius 1 is 1.30 bits per heavy atom. The number of phenols is 1.